The Kier molecular flexibility index (Phi) is 9.95. The number of ether oxygens (including phenoxy) is 7. The third-order valence-corrected chi connectivity index (χ3v) is 7.44. The van der Waals surface area contributed by atoms with Crippen molar-refractivity contribution in [2.24, 2.45) is 0 Å². The van der Waals surface area contributed by atoms with Crippen LogP contribution in [-0.2, 0) is 61.3 Å². The van der Waals surface area contributed by atoms with E-state index >= 15 is 0 Å². The highest BCUT2D eigenvalue weighted by Crippen LogP contribution is 2.43. The molecule has 0 amide bonds. The Bertz CT molecular complexity index is 1370. The summed E-state index contributed by atoms with van der Waals surface area (Å²) in [7, 11) is 0. The van der Waals surface area contributed by atoms with Gasteiger partial charge in [0.1, 0.15) is 31.5 Å². The van der Waals surface area contributed by atoms with Gasteiger partial charge in [-0.2, -0.15) is 0 Å². The van der Waals surface area contributed by atoms with Gasteiger partial charge in [0.25, 0.3) is 0 Å². The van der Waals surface area contributed by atoms with Crippen molar-refractivity contribution in [1.82, 2.24) is 0 Å². The van der Waals surface area contributed by atoms with Gasteiger partial charge in [-0.15, -0.1) is 0 Å². The quantitative estimate of drug-likeness (QED) is 0.310. The average molecular weight is 599 g/mol. The number of benzene rings is 2. The molecule has 2 aliphatic heterocycles. The van der Waals surface area contributed by atoms with Gasteiger partial charge in [-0.3, -0.25) is 19.2 Å². The number of aryl methyl sites for hydroxylation is 1. The monoisotopic (exact) mass is 598 g/mol. The van der Waals surface area contributed by atoms with Crippen LogP contribution in [0, 0.1) is 0 Å². The molecule has 0 spiro atoms. The Balaban J connectivity index is 1.80. The zero-order valence-electron chi connectivity index (χ0n) is 25.3. The van der Waals surface area contributed by atoms with Crippen LogP contribution in [0.4, 0.5) is 0 Å². The summed E-state index contributed by atoms with van der Waals surface area (Å²) in [5.41, 5.74) is 2.29. The third-order valence-electron chi connectivity index (χ3n) is 7.44. The molecular weight excluding hydrogens is 560 g/mol. The predicted molar refractivity (Wildman–Crippen MR) is 152 cm³/mol. The number of esters is 4. The highest BCUT2D eigenvalue weighted by Gasteiger charge is 2.58. The zero-order chi connectivity index (χ0) is 31.3. The minimum absolute atomic E-state index is 0.301. The minimum atomic E-state index is -1.42. The summed E-state index contributed by atoms with van der Waals surface area (Å²) in [6.07, 6.45) is -3.46. The maximum Gasteiger partial charge on any atom is 0.303 e. The number of hydrogen-bond donors (Lipinski definition) is 0. The minimum Gasteiger partial charge on any atom is -0.486 e. The van der Waals surface area contributed by atoms with E-state index < -0.39 is 53.9 Å². The average Bonchev–Trinajstić information content (AvgIpc) is 2.94. The van der Waals surface area contributed by atoms with E-state index in [0.717, 1.165) is 23.1 Å². The largest absolute Gasteiger partial charge is 0.486 e. The zero-order valence-corrected chi connectivity index (χ0v) is 25.3. The lowest BCUT2D eigenvalue weighted by Gasteiger charge is -2.50. The lowest BCUT2D eigenvalue weighted by atomic mass is 9.79. The number of hydrogen-bond acceptors (Lipinski definition) is 11. The van der Waals surface area contributed by atoms with E-state index in [0.29, 0.717) is 36.7 Å². The predicted octanol–water partition coefficient (Wildman–Crippen LogP) is 3.58. The van der Waals surface area contributed by atoms with Crippen molar-refractivity contribution in [3.8, 4) is 11.5 Å². The lowest BCUT2D eigenvalue weighted by Crippen LogP contribution is -2.65. The van der Waals surface area contributed by atoms with Crippen molar-refractivity contribution in [3.05, 3.63) is 58.7 Å². The van der Waals surface area contributed by atoms with E-state index in [2.05, 4.69) is 6.92 Å². The van der Waals surface area contributed by atoms with Gasteiger partial charge in [0.05, 0.1) is 0 Å². The molecule has 2 heterocycles. The van der Waals surface area contributed by atoms with Gasteiger partial charge < -0.3 is 33.2 Å². The molecule has 2 aromatic rings. The second kappa shape index (κ2) is 13.5. The molecule has 11 heteroatoms. The fraction of sp³-hybridized carbons (Fsp3) is 0.500. The van der Waals surface area contributed by atoms with Crippen LogP contribution in [0.15, 0.2) is 36.4 Å². The van der Waals surface area contributed by atoms with Gasteiger partial charge in [-0.25, -0.2) is 0 Å². The summed E-state index contributed by atoms with van der Waals surface area (Å²) in [5, 5.41) is 0. The van der Waals surface area contributed by atoms with E-state index in [4.69, 9.17) is 33.2 Å². The highest BCUT2D eigenvalue weighted by molar-refractivity contribution is 5.69. The van der Waals surface area contributed by atoms with E-state index in [9.17, 15) is 19.2 Å². The summed E-state index contributed by atoms with van der Waals surface area (Å²) in [6.45, 7) is 9.29. The first-order valence-corrected chi connectivity index (χ1v) is 14.2. The molecule has 4 rings (SSSR count). The summed E-state index contributed by atoms with van der Waals surface area (Å²) in [5.74, 6) is -1.21. The molecule has 0 bridgehead atoms. The van der Waals surface area contributed by atoms with Crippen LogP contribution in [0.5, 0.6) is 11.5 Å². The van der Waals surface area contributed by atoms with Crippen LogP contribution in [0.3, 0.4) is 0 Å². The first-order chi connectivity index (χ1) is 20.4. The number of carbonyl (C=O) groups excluding carboxylic acids is 4. The molecule has 0 N–H and O–H groups in total. The van der Waals surface area contributed by atoms with Gasteiger partial charge >= 0.3 is 23.9 Å². The number of rotatable bonds is 9. The first kappa shape index (κ1) is 31.8. The molecule has 5 unspecified atom stereocenters. The molecule has 2 aromatic carbocycles. The van der Waals surface area contributed by atoms with Gasteiger partial charge in [-0.1, -0.05) is 31.2 Å². The standard InChI is InChI=1S/C32H38O11/c1-7-23-9-10-25(16-24(23)14-22-8-11-26-27(15-22)38-13-12-37-26)32(6)31(42-21(5)36)30(41-20(4)35)29(40-19(3)34)28(43-32)17-39-18(2)33/h8-11,15-16,28-31H,7,12-14,17H2,1-6H3. The van der Waals surface area contributed by atoms with Crippen molar-refractivity contribution in [2.75, 3.05) is 19.8 Å². The van der Waals surface area contributed by atoms with Crippen molar-refractivity contribution in [1.29, 1.82) is 0 Å². The Labute approximate surface area is 250 Å². The summed E-state index contributed by atoms with van der Waals surface area (Å²) in [6, 6.07) is 11.6. The van der Waals surface area contributed by atoms with Gasteiger partial charge in [0.15, 0.2) is 29.8 Å². The normalized spacial score (nSPS) is 24.4. The third kappa shape index (κ3) is 7.45. The van der Waals surface area contributed by atoms with Crippen LogP contribution >= 0.6 is 0 Å². The second-order valence-corrected chi connectivity index (χ2v) is 10.7. The SMILES string of the molecule is CCc1ccc(C2(C)OC(COC(C)=O)C(OC(C)=O)C(OC(C)=O)C2OC(C)=O)cc1Cc1ccc2c(c1)OCCO2. The molecule has 0 aromatic heterocycles. The maximum atomic E-state index is 12.4. The molecule has 11 nitrogen and oxygen atoms in total. The van der Waals surface area contributed by atoms with E-state index in [-0.39, 0.29) is 6.61 Å². The molecule has 2 aliphatic rings. The van der Waals surface area contributed by atoms with Crippen LogP contribution in [-0.4, -0.2) is 68.1 Å². The molecule has 1 saturated heterocycles. The molecule has 232 valence electrons. The van der Waals surface area contributed by atoms with Crippen molar-refractivity contribution >= 4 is 23.9 Å². The molecule has 0 radical (unpaired) electrons. The topological polar surface area (TPSA) is 133 Å². The van der Waals surface area contributed by atoms with Crippen LogP contribution in [0.25, 0.3) is 0 Å². The summed E-state index contributed by atoms with van der Waals surface area (Å²) >= 11 is 0. The molecule has 0 saturated carbocycles. The number of carbonyl (C=O) groups is 4. The first-order valence-electron chi connectivity index (χ1n) is 14.2. The molecular formula is C32H38O11. The van der Waals surface area contributed by atoms with Crippen molar-refractivity contribution < 1.29 is 52.3 Å². The molecule has 1 fully saturated rings. The Morgan fingerprint density at radius 1 is 0.791 bits per heavy atom. The number of fused-ring (bicyclic) bond motifs is 1. The molecule has 5 atom stereocenters. The fourth-order valence-electron chi connectivity index (χ4n) is 5.58. The van der Waals surface area contributed by atoms with Gasteiger partial charge in [0.2, 0.25) is 0 Å². The van der Waals surface area contributed by atoms with Crippen LogP contribution in [0.2, 0.25) is 0 Å². The summed E-state index contributed by atoms with van der Waals surface area (Å²) < 4.78 is 40.2. The maximum absolute atomic E-state index is 12.4. The van der Waals surface area contributed by atoms with Crippen molar-refractivity contribution in [3.63, 3.8) is 0 Å². The highest BCUT2D eigenvalue weighted by atomic mass is 16.7. The Morgan fingerprint density at radius 3 is 2.07 bits per heavy atom. The second-order valence-electron chi connectivity index (χ2n) is 10.7. The van der Waals surface area contributed by atoms with Gasteiger partial charge in [0, 0.05) is 27.7 Å². The lowest BCUT2D eigenvalue weighted by molar-refractivity contribution is -0.285. The fourth-order valence-corrected chi connectivity index (χ4v) is 5.58. The van der Waals surface area contributed by atoms with Crippen LogP contribution in [0.1, 0.15) is 63.8 Å². The van der Waals surface area contributed by atoms with E-state index in [1.165, 1.54) is 27.7 Å². The Hall–Kier alpha value is -4.12. The summed E-state index contributed by atoms with van der Waals surface area (Å²) in [4.78, 5) is 48.5. The van der Waals surface area contributed by atoms with Crippen molar-refractivity contribution in [2.45, 2.75) is 84.4 Å². The molecule has 43 heavy (non-hydrogen) atoms. The molecule has 0 aliphatic carbocycles. The van der Waals surface area contributed by atoms with E-state index in [1.807, 2.05) is 36.4 Å². The smallest absolute Gasteiger partial charge is 0.303 e. The van der Waals surface area contributed by atoms with E-state index in [1.54, 1.807) is 6.92 Å². The Morgan fingerprint density at radius 2 is 1.44 bits per heavy atom. The van der Waals surface area contributed by atoms with Gasteiger partial charge in [-0.05, 0) is 54.2 Å². The van der Waals surface area contributed by atoms with Crippen LogP contribution < -0.4 is 9.47 Å².